The fourth-order valence-corrected chi connectivity index (χ4v) is 5.85. The van der Waals surface area contributed by atoms with Gasteiger partial charge < -0.3 is 14.8 Å². The molecule has 1 atom stereocenters. The van der Waals surface area contributed by atoms with Gasteiger partial charge in [-0.25, -0.2) is 9.59 Å². The highest BCUT2D eigenvalue weighted by Gasteiger charge is 2.53. The van der Waals surface area contributed by atoms with Crippen molar-refractivity contribution in [3.8, 4) is 0 Å². The smallest absolute Gasteiger partial charge is 0.408 e. The molecule has 29 heavy (non-hydrogen) atoms. The monoisotopic (exact) mass is 402 g/mol. The first-order valence-electron chi connectivity index (χ1n) is 10.2. The number of carbonyl (C=O) groups excluding carboxylic acids is 2. The molecule has 4 bridgehead atoms. The predicted molar refractivity (Wildman–Crippen MR) is 103 cm³/mol. The van der Waals surface area contributed by atoms with Crippen molar-refractivity contribution in [2.75, 3.05) is 7.11 Å². The summed E-state index contributed by atoms with van der Waals surface area (Å²) in [6, 6.07) is 4.97. The Kier molecular flexibility index (Phi) is 5.19. The molecule has 0 heterocycles. The minimum Gasteiger partial charge on any atom is -0.467 e. The lowest BCUT2D eigenvalue weighted by Gasteiger charge is -2.55. The van der Waals surface area contributed by atoms with Crippen LogP contribution in [-0.2, 0) is 20.7 Å². The Balaban J connectivity index is 1.41. The van der Waals surface area contributed by atoms with E-state index in [0.29, 0.717) is 23.3 Å². The van der Waals surface area contributed by atoms with Crippen molar-refractivity contribution in [1.29, 1.82) is 0 Å². The number of carbonyl (C=O) groups is 2. The Labute approximate surface area is 169 Å². The molecule has 156 valence electrons. The zero-order chi connectivity index (χ0) is 20.6. The third-order valence-electron chi connectivity index (χ3n) is 6.66. The van der Waals surface area contributed by atoms with Gasteiger partial charge in [0.2, 0.25) is 0 Å². The summed E-state index contributed by atoms with van der Waals surface area (Å²) in [4.78, 5) is 35.2. The second-order valence-electron chi connectivity index (χ2n) is 8.84. The van der Waals surface area contributed by atoms with Gasteiger partial charge in [-0.05, 0) is 61.8 Å². The highest BCUT2D eigenvalue weighted by Crippen LogP contribution is 2.57. The van der Waals surface area contributed by atoms with Crippen LogP contribution in [0.15, 0.2) is 24.3 Å². The van der Waals surface area contributed by atoms with Gasteiger partial charge in [0, 0.05) is 18.6 Å². The lowest BCUT2D eigenvalue weighted by atomic mass is 9.54. The molecule has 4 fully saturated rings. The summed E-state index contributed by atoms with van der Waals surface area (Å²) in [7, 11) is 1.26. The van der Waals surface area contributed by atoms with E-state index in [2.05, 4.69) is 5.32 Å². The second kappa shape index (κ2) is 7.65. The molecule has 4 aliphatic rings. The van der Waals surface area contributed by atoms with Gasteiger partial charge in [0.1, 0.15) is 11.6 Å². The zero-order valence-electron chi connectivity index (χ0n) is 16.5. The first kappa shape index (κ1) is 19.7. The minimum absolute atomic E-state index is 0.0300. The molecule has 1 unspecified atom stereocenters. The molecule has 1 aromatic carbocycles. The van der Waals surface area contributed by atoms with Crippen LogP contribution in [0.2, 0.25) is 0 Å². The number of benzene rings is 1. The normalized spacial score (nSPS) is 30.4. The molecule has 1 N–H and O–H groups in total. The number of nitro benzene ring substituents is 1. The maximum atomic E-state index is 12.7. The van der Waals surface area contributed by atoms with Crippen LogP contribution in [0.5, 0.6) is 0 Å². The molecule has 1 amide bonds. The van der Waals surface area contributed by atoms with Crippen molar-refractivity contribution >= 4 is 17.7 Å². The van der Waals surface area contributed by atoms with Crippen molar-refractivity contribution in [3.05, 3.63) is 39.9 Å². The summed E-state index contributed by atoms with van der Waals surface area (Å²) in [5.41, 5.74) is 0.256. The fourth-order valence-electron chi connectivity index (χ4n) is 5.85. The van der Waals surface area contributed by atoms with E-state index in [0.717, 1.165) is 19.3 Å². The molecular weight excluding hydrogens is 376 g/mol. The van der Waals surface area contributed by atoms with E-state index in [1.165, 1.54) is 38.5 Å². The Morgan fingerprint density at radius 2 is 1.69 bits per heavy atom. The molecule has 5 rings (SSSR count). The number of nitrogens with zero attached hydrogens (tertiary/aromatic N) is 1. The van der Waals surface area contributed by atoms with Crippen molar-refractivity contribution in [3.63, 3.8) is 0 Å². The number of ether oxygens (including phenoxy) is 2. The van der Waals surface area contributed by atoms with Crippen LogP contribution < -0.4 is 5.32 Å². The number of nitrogens with one attached hydrogen (secondary N) is 1. The largest absolute Gasteiger partial charge is 0.467 e. The highest BCUT2D eigenvalue weighted by molar-refractivity contribution is 5.81. The van der Waals surface area contributed by atoms with Crippen molar-refractivity contribution in [2.24, 2.45) is 17.8 Å². The van der Waals surface area contributed by atoms with Gasteiger partial charge in [-0.2, -0.15) is 0 Å². The standard InChI is InChI=1S/C21H26N2O6/c1-28-19(24)18(9-13-2-4-17(5-3-13)23(26)27)22-20(25)29-21-10-14-6-15(11-21)8-16(7-14)12-21/h2-5,14-16,18H,6-12H2,1H3,(H,22,25). The van der Waals surface area contributed by atoms with E-state index >= 15 is 0 Å². The van der Waals surface area contributed by atoms with Gasteiger partial charge in [0.15, 0.2) is 0 Å². The van der Waals surface area contributed by atoms with Crippen LogP contribution in [0.3, 0.4) is 0 Å². The summed E-state index contributed by atoms with van der Waals surface area (Å²) in [6.45, 7) is 0. The number of nitro groups is 1. The van der Waals surface area contributed by atoms with E-state index in [4.69, 9.17) is 9.47 Å². The van der Waals surface area contributed by atoms with Crippen LogP contribution in [0.4, 0.5) is 10.5 Å². The Morgan fingerprint density at radius 3 is 2.17 bits per heavy atom. The van der Waals surface area contributed by atoms with Gasteiger partial charge in [0.25, 0.3) is 5.69 Å². The number of amides is 1. The first-order valence-corrected chi connectivity index (χ1v) is 10.2. The van der Waals surface area contributed by atoms with Gasteiger partial charge >= 0.3 is 12.1 Å². The molecule has 0 aromatic heterocycles. The lowest BCUT2D eigenvalue weighted by molar-refractivity contribution is -0.384. The van der Waals surface area contributed by atoms with Crippen LogP contribution in [-0.4, -0.2) is 35.7 Å². The second-order valence-corrected chi connectivity index (χ2v) is 8.84. The minimum atomic E-state index is -0.914. The van der Waals surface area contributed by atoms with Crippen molar-refractivity contribution in [2.45, 2.75) is 56.6 Å². The van der Waals surface area contributed by atoms with Crippen molar-refractivity contribution in [1.82, 2.24) is 5.32 Å². The van der Waals surface area contributed by atoms with Crippen LogP contribution in [0, 0.1) is 27.9 Å². The molecule has 0 saturated heterocycles. The van der Waals surface area contributed by atoms with Gasteiger partial charge in [-0.1, -0.05) is 12.1 Å². The maximum Gasteiger partial charge on any atom is 0.408 e. The van der Waals surface area contributed by atoms with E-state index in [9.17, 15) is 19.7 Å². The van der Waals surface area contributed by atoms with E-state index < -0.39 is 28.6 Å². The number of non-ortho nitro benzene ring substituents is 1. The number of alkyl carbamates (subject to hydrolysis) is 1. The van der Waals surface area contributed by atoms with Crippen LogP contribution in [0.1, 0.15) is 44.1 Å². The van der Waals surface area contributed by atoms with Crippen LogP contribution in [0.25, 0.3) is 0 Å². The average molecular weight is 402 g/mol. The van der Waals surface area contributed by atoms with Gasteiger partial charge in [-0.15, -0.1) is 0 Å². The number of methoxy groups -OCH3 is 1. The number of hydrogen-bond donors (Lipinski definition) is 1. The van der Waals surface area contributed by atoms with Crippen LogP contribution >= 0.6 is 0 Å². The summed E-state index contributed by atoms with van der Waals surface area (Å²) < 4.78 is 10.7. The number of esters is 1. The summed E-state index contributed by atoms with van der Waals surface area (Å²) >= 11 is 0. The quantitative estimate of drug-likeness (QED) is 0.444. The summed E-state index contributed by atoms with van der Waals surface area (Å²) in [6.07, 6.45) is 6.05. The van der Waals surface area contributed by atoms with Gasteiger partial charge in [0.05, 0.1) is 12.0 Å². The molecule has 4 saturated carbocycles. The average Bonchev–Trinajstić information content (AvgIpc) is 2.65. The highest BCUT2D eigenvalue weighted by atomic mass is 16.6. The van der Waals surface area contributed by atoms with E-state index in [1.807, 2.05) is 0 Å². The molecule has 0 radical (unpaired) electrons. The molecule has 8 nitrogen and oxygen atoms in total. The Morgan fingerprint density at radius 1 is 1.14 bits per heavy atom. The molecule has 8 heteroatoms. The predicted octanol–water partition coefficient (Wildman–Crippen LogP) is 3.37. The molecule has 1 aromatic rings. The third kappa shape index (κ3) is 4.21. The van der Waals surface area contributed by atoms with Crippen molar-refractivity contribution < 1.29 is 24.0 Å². The lowest BCUT2D eigenvalue weighted by Crippen LogP contribution is -2.55. The summed E-state index contributed by atoms with van der Waals surface area (Å²) in [5.74, 6) is 1.35. The summed E-state index contributed by atoms with van der Waals surface area (Å²) in [5, 5.41) is 13.5. The van der Waals surface area contributed by atoms with E-state index in [-0.39, 0.29) is 12.1 Å². The number of hydrogen-bond acceptors (Lipinski definition) is 6. The Bertz CT molecular complexity index is 771. The molecule has 0 spiro atoms. The van der Waals surface area contributed by atoms with Gasteiger partial charge in [-0.3, -0.25) is 10.1 Å². The topological polar surface area (TPSA) is 108 Å². The molecule has 0 aliphatic heterocycles. The maximum absolute atomic E-state index is 12.7. The first-order chi connectivity index (χ1) is 13.9. The Hall–Kier alpha value is -2.64. The third-order valence-corrected chi connectivity index (χ3v) is 6.66. The van der Waals surface area contributed by atoms with E-state index in [1.54, 1.807) is 12.1 Å². The molecular formula is C21H26N2O6. The fraction of sp³-hybridized carbons (Fsp3) is 0.619. The molecule has 4 aliphatic carbocycles. The SMILES string of the molecule is COC(=O)C(Cc1ccc([N+](=O)[O-])cc1)NC(=O)OC12CC3CC(CC(C3)C1)C2. The zero-order valence-corrected chi connectivity index (χ0v) is 16.5. The number of rotatable bonds is 6.